The average molecular weight is 475 g/mol. The van der Waals surface area contributed by atoms with Crippen molar-refractivity contribution in [1.29, 1.82) is 0 Å². The van der Waals surface area contributed by atoms with Crippen LogP contribution in [0.4, 0.5) is 18.9 Å². The van der Waals surface area contributed by atoms with Crippen LogP contribution in [0, 0.1) is 0 Å². The summed E-state index contributed by atoms with van der Waals surface area (Å²) in [4.78, 5) is 36.3. The molecule has 0 saturated carbocycles. The van der Waals surface area contributed by atoms with Crippen molar-refractivity contribution < 1.29 is 32.3 Å². The largest absolute Gasteiger partial charge is 0.422 e. The number of benzene rings is 2. The third-order valence-corrected chi connectivity index (χ3v) is 5.03. The molecule has 3 aromatic rings. The van der Waals surface area contributed by atoms with Gasteiger partial charge in [0.05, 0.1) is 11.3 Å². The fourth-order valence-electron chi connectivity index (χ4n) is 2.53. The first kappa shape index (κ1) is 23.7. The van der Waals surface area contributed by atoms with Crippen molar-refractivity contribution >= 4 is 40.5 Å². The molecule has 0 radical (unpaired) electrons. The van der Waals surface area contributed by atoms with Gasteiger partial charge in [-0.3, -0.25) is 9.59 Å². The summed E-state index contributed by atoms with van der Waals surface area (Å²) in [5.41, 5.74) is 1.81. The van der Waals surface area contributed by atoms with Crippen molar-refractivity contribution in [1.82, 2.24) is 5.43 Å². The summed E-state index contributed by atoms with van der Waals surface area (Å²) in [6.45, 7) is 1.57. The van der Waals surface area contributed by atoms with E-state index in [2.05, 4.69) is 10.4 Å². The predicted octanol–water partition coefficient (Wildman–Crippen LogP) is 4.47. The summed E-state index contributed by atoms with van der Waals surface area (Å²) in [6, 6.07) is 13.6. The van der Waals surface area contributed by atoms with E-state index >= 15 is 0 Å². The Bertz CT molecular complexity index is 1190. The number of nitrogens with zero attached hydrogens (tertiary/aromatic N) is 1. The highest BCUT2D eigenvalue weighted by molar-refractivity contribution is 7.12. The maximum absolute atomic E-state index is 12.8. The fourth-order valence-corrected chi connectivity index (χ4v) is 3.13. The lowest BCUT2D eigenvalue weighted by Gasteiger charge is -2.09. The number of esters is 1. The third kappa shape index (κ3) is 6.50. The Balaban J connectivity index is 1.57. The van der Waals surface area contributed by atoms with Crippen molar-refractivity contribution in [2.45, 2.75) is 13.1 Å². The van der Waals surface area contributed by atoms with Crippen LogP contribution in [0.2, 0.25) is 0 Å². The molecule has 7 nitrogen and oxygen atoms in total. The van der Waals surface area contributed by atoms with Gasteiger partial charge >= 0.3 is 24.0 Å². The quantitative estimate of drug-likeness (QED) is 0.187. The van der Waals surface area contributed by atoms with E-state index in [1.807, 2.05) is 5.43 Å². The molecule has 0 atom stereocenters. The molecule has 0 fully saturated rings. The lowest BCUT2D eigenvalue weighted by atomic mass is 10.1. The van der Waals surface area contributed by atoms with Crippen LogP contribution in [-0.2, 0) is 15.8 Å². The minimum atomic E-state index is -4.58. The van der Waals surface area contributed by atoms with Crippen LogP contribution < -0.4 is 15.5 Å². The van der Waals surface area contributed by atoms with Crippen molar-refractivity contribution in [2.24, 2.45) is 5.10 Å². The number of thiophene rings is 1. The minimum absolute atomic E-state index is 0.182. The van der Waals surface area contributed by atoms with Gasteiger partial charge in [0.15, 0.2) is 0 Å². The summed E-state index contributed by atoms with van der Waals surface area (Å²) >= 11 is 1.26. The molecule has 0 spiro atoms. The van der Waals surface area contributed by atoms with Gasteiger partial charge in [-0.2, -0.15) is 18.3 Å². The predicted molar refractivity (Wildman–Crippen MR) is 116 cm³/mol. The molecular weight excluding hydrogens is 459 g/mol. The molecule has 0 saturated heterocycles. The standard InChI is InChI=1S/C22H16F3N3O4S/c1-13(14-7-9-17(10-8-14)32-21(31)18-6-3-11-33-18)27-28-20(30)19(29)26-16-5-2-4-15(12-16)22(23,24)25/h2-12H,1H3,(H,26,29)(H,28,30). The zero-order chi connectivity index (χ0) is 24.0. The maximum atomic E-state index is 12.8. The number of halogens is 3. The highest BCUT2D eigenvalue weighted by Gasteiger charge is 2.30. The first-order valence-electron chi connectivity index (χ1n) is 9.32. The number of anilines is 1. The van der Waals surface area contributed by atoms with Crippen LogP contribution in [0.15, 0.2) is 71.1 Å². The Kier molecular flexibility index (Phi) is 7.23. The monoisotopic (exact) mass is 475 g/mol. The first-order valence-corrected chi connectivity index (χ1v) is 10.2. The summed E-state index contributed by atoms with van der Waals surface area (Å²) in [6.07, 6.45) is -4.58. The number of carbonyl (C=O) groups excluding carboxylic acids is 3. The van der Waals surface area contributed by atoms with Crippen molar-refractivity contribution in [3.63, 3.8) is 0 Å². The van der Waals surface area contributed by atoms with Crippen LogP contribution in [0.3, 0.4) is 0 Å². The molecule has 0 unspecified atom stereocenters. The van der Waals surface area contributed by atoms with E-state index in [1.54, 1.807) is 48.7 Å². The molecule has 3 rings (SSSR count). The summed E-state index contributed by atoms with van der Waals surface area (Å²) in [5.74, 6) is -2.51. The van der Waals surface area contributed by atoms with Crippen molar-refractivity contribution in [3.8, 4) is 5.75 Å². The number of alkyl halides is 3. The number of ether oxygens (including phenoxy) is 1. The van der Waals surface area contributed by atoms with Gasteiger partial charge in [0.25, 0.3) is 0 Å². The molecule has 0 bridgehead atoms. The lowest BCUT2D eigenvalue weighted by molar-refractivity contribution is -0.137. The number of hydrazone groups is 1. The van der Waals surface area contributed by atoms with E-state index in [0.29, 0.717) is 28.0 Å². The zero-order valence-corrected chi connectivity index (χ0v) is 17.8. The smallest absolute Gasteiger partial charge is 0.416 e. The van der Waals surface area contributed by atoms with E-state index in [0.717, 1.165) is 12.1 Å². The molecule has 0 aliphatic rings. The van der Waals surface area contributed by atoms with E-state index in [9.17, 15) is 27.6 Å². The topological polar surface area (TPSA) is 96.9 Å². The Hall–Kier alpha value is -3.99. The van der Waals surface area contributed by atoms with Crippen LogP contribution >= 0.6 is 11.3 Å². The summed E-state index contributed by atoms with van der Waals surface area (Å²) in [7, 11) is 0. The Morgan fingerprint density at radius 3 is 2.33 bits per heavy atom. The van der Waals surface area contributed by atoms with Gasteiger partial charge in [0.2, 0.25) is 0 Å². The molecule has 2 N–H and O–H groups in total. The van der Waals surface area contributed by atoms with Gasteiger partial charge in [0, 0.05) is 5.69 Å². The summed E-state index contributed by atoms with van der Waals surface area (Å²) < 4.78 is 43.5. The van der Waals surface area contributed by atoms with E-state index in [1.165, 1.54) is 17.4 Å². The molecule has 0 aliphatic heterocycles. The van der Waals surface area contributed by atoms with Gasteiger partial charge < -0.3 is 10.1 Å². The Labute approximate surface area is 189 Å². The minimum Gasteiger partial charge on any atom is -0.422 e. The molecule has 170 valence electrons. The molecule has 0 aliphatic carbocycles. The number of amides is 2. The highest BCUT2D eigenvalue weighted by Crippen LogP contribution is 2.30. The first-order chi connectivity index (χ1) is 15.6. The Morgan fingerprint density at radius 2 is 1.70 bits per heavy atom. The van der Waals surface area contributed by atoms with Gasteiger partial charge in [-0.25, -0.2) is 10.2 Å². The average Bonchev–Trinajstić information content (AvgIpc) is 3.32. The fraction of sp³-hybridized carbons (Fsp3) is 0.0909. The molecule has 2 aromatic carbocycles. The summed E-state index contributed by atoms with van der Waals surface area (Å²) in [5, 5.41) is 7.66. The number of hydrogen-bond donors (Lipinski definition) is 2. The number of hydrogen-bond acceptors (Lipinski definition) is 6. The van der Waals surface area contributed by atoms with E-state index in [4.69, 9.17) is 4.74 Å². The number of rotatable bonds is 5. The van der Waals surface area contributed by atoms with Crippen molar-refractivity contribution in [2.75, 3.05) is 5.32 Å². The van der Waals surface area contributed by atoms with E-state index in [-0.39, 0.29) is 5.69 Å². The van der Waals surface area contributed by atoms with Crippen LogP contribution in [-0.4, -0.2) is 23.5 Å². The lowest BCUT2D eigenvalue weighted by Crippen LogP contribution is -2.33. The third-order valence-electron chi connectivity index (χ3n) is 4.18. The molecular formula is C22H16F3N3O4S. The van der Waals surface area contributed by atoms with Gasteiger partial charge in [-0.05, 0) is 66.4 Å². The molecule has 11 heteroatoms. The Morgan fingerprint density at radius 1 is 0.970 bits per heavy atom. The highest BCUT2D eigenvalue weighted by atomic mass is 32.1. The molecule has 1 aromatic heterocycles. The molecule has 2 amide bonds. The van der Waals surface area contributed by atoms with Crippen LogP contribution in [0.25, 0.3) is 0 Å². The second kappa shape index (κ2) is 10.1. The zero-order valence-electron chi connectivity index (χ0n) is 17.0. The molecule has 1 heterocycles. The second-order valence-corrected chi connectivity index (χ2v) is 7.51. The van der Waals surface area contributed by atoms with Gasteiger partial charge in [-0.1, -0.05) is 12.1 Å². The maximum Gasteiger partial charge on any atom is 0.416 e. The van der Waals surface area contributed by atoms with E-state index < -0.39 is 29.5 Å². The number of carbonyl (C=O) groups is 3. The van der Waals surface area contributed by atoms with Crippen LogP contribution in [0.1, 0.15) is 27.7 Å². The molecule has 33 heavy (non-hydrogen) atoms. The van der Waals surface area contributed by atoms with Gasteiger partial charge in [0.1, 0.15) is 10.6 Å². The normalized spacial score (nSPS) is 11.6. The number of nitrogens with one attached hydrogen (secondary N) is 2. The SMILES string of the molecule is CC(=NNC(=O)C(=O)Nc1cccc(C(F)(F)F)c1)c1ccc(OC(=O)c2cccs2)cc1. The second-order valence-electron chi connectivity index (χ2n) is 6.56. The van der Waals surface area contributed by atoms with Crippen molar-refractivity contribution in [3.05, 3.63) is 82.0 Å². The van der Waals surface area contributed by atoms with Crippen LogP contribution in [0.5, 0.6) is 5.75 Å². The van der Waals surface area contributed by atoms with Gasteiger partial charge in [-0.15, -0.1) is 11.3 Å².